The van der Waals surface area contributed by atoms with Crippen LogP contribution in [0.15, 0.2) is 24.3 Å². The minimum Gasteiger partial charge on any atom is -0.482 e. The smallest absolute Gasteiger partial charge is 0.344 e. The van der Waals surface area contributed by atoms with Crippen molar-refractivity contribution in [2.75, 3.05) is 33.3 Å². The average molecular weight is 421 g/mol. The number of carbonyl (C=O) groups is 1. The number of alkyl halides is 1. The third-order valence-electron chi connectivity index (χ3n) is 4.04. The molecule has 0 aromatic heterocycles. The van der Waals surface area contributed by atoms with Gasteiger partial charge in [0.15, 0.2) is 6.61 Å². The van der Waals surface area contributed by atoms with Crippen molar-refractivity contribution in [2.45, 2.75) is 45.0 Å². The van der Waals surface area contributed by atoms with Crippen LogP contribution >= 0.6 is 27.0 Å². The quantitative estimate of drug-likeness (QED) is 0.688. The number of likely N-dealkylation sites (tertiary alicyclic amines) is 1. The van der Waals surface area contributed by atoms with Gasteiger partial charge in [-0.05, 0) is 51.9 Å². The molecule has 2 rings (SSSR count). The van der Waals surface area contributed by atoms with E-state index in [1.807, 2.05) is 52.1 Å². The largest absolute Gasteiger partial charge is 0.482 e. The first-order valence-electron chi connectivity index (χ1n) is 8.75. The molecule has 0 radical (unpaired) electrons. The lowest BCUT2D eigenvalue weighted by molar-refractivity contribution is -0.157. The van der Waals surface area contributed by atoms with Gasteiger partial charge in [-0.1, -0.05) is 12.1 Å². The minimum absolute atomic E-state index is 0. The van der Waals surface area contributed by atoms with Crippen LogP contribution in [0.25, 0.3) is 0 Å². The van der Waals surface area contributed by atoms with Gasteiger partial charge in [-0.2, -0.15) is 27.0 Å². The van der Waals surface area contributed by atoms with Crippen LogP contribution in [0, 0.1) is 0 Å². The first kappa shape index (κ1) is 26.0. The number of nitrogens with one attached hydrogen (secondary N) is 1. The maximum absolute atomic E-state index is 13.4. The number of carbonyl (C=O) groups excluding carboxylic acids is 1. The molecule has 5 nitrogen and oxygen atoms in total. The highest BCUT2D eigenvalue weighted by Crippen LogP contribution is 2.22. The molecule has 27 heavy (non-hydrogen) atoms. The van der Waals surface area contributed by atoms with Crippen molar-refractivity contribution in [2.24, 2.45) is 0 Å². The Labute approximate surface area is 175 Å². The van der Waals surface area contributed by atoms with Crippen LogP contribution in [-0.4, -0.2) is 55.9 Å². The van der Waals surface area contributed by atoms with Crippen LogP contribution < -0.4 is 10.1 Å². The van der Waals surface area contributed by atoms with E-state index in [0.717, 1.165) is 18.7 Å². The van der Waals surface area contributed by atoms with Crippen LogP contribution in [0.1, 0.15) is 38.8 Å². The van der Waals surface area contributed by atoms with E-state index in [4.69, 9.17) is 9.47 Å². The Morgan fingerprint density at radius 1 is 1.37 bits per heavy atom. The number of halogens is 1. The summed E-state index contributed by atoms with van der Waals surface area (Å²) in [4.78, 5) is 13.9. The van der Waals surface area contributed by atoms with E-state index >= 15 is 0 Å². The van der Waals surface area contributed by atoms with Gasteiger partial charge in [-0.3, -0.25) is 4.90 Å². The molecule has 0 bridgehead atoms. The van der Waals surface area contributed by atoms with E-state index in [0.29, 0.717) is 18.7 Å². The van der Waals surface area contributed by atoms with Crippen LogP contribution in [0.3, 0.4) is 0 Å². The second-order valence-corrected chi connectivity index (χ2v) is 7.43. The molecule has 1 aromatic carbocycles. The highest BCUT2D eigenvalue weighted by atomic mass is 32.1. The summed E-state index contributed by atoms with van der Waals surface area (Å²) in [6.45, 7) is 7.37. The van der Waals surface area contributed by atoms with Crippen LogP contribution in [0.2, 0.25) is 0 Å². The standard InChI is InChI=1S/C19H29FN2O3.2H2S/c1-19(2,3)25-18(23)13-24-16-7-5-6-14(10-16)17(21-4)12-22-9-8-15(20)11-22;;/h5-7,10,15,17,21H,8-9,11-13H2,1-4H3;2*1H2/t15-,17+;;/m0../s1. The molecular formula is C19H33FN2O3S2. The summed E-state index contributed by atoms with van der Waals surface area (Å²) >= 11 is 0. The Kier molecular flexibility index (Phi) is 11.4. The van der Waals surface area contributed by atoms with Crippen LogP contribution in [0.5, 0.6) is 5.75 Å². The molecule has 0 amide bonds. The Morgan fingerprint density at radius 2 is 2.07 bits per heavy atom. The van der Waals surface area contributed by atoms with Crippen molar-refractivity contribution in [3.63, 3.8) is 0 Å². The molecule has 0 spiro atoms. The van der Waals surface area contributed by atoms with Crippen molar-refractivity contribution in [1.82, 2.24) is 10.2 Å². The Bertz CT molecular complexity index is 584. The van der Waals surface area contributed by atoms with Gasteiger partial charge in [0.05, 0.1) is 0 Å². The predicted octanol–water partition coefficient (Wildman–Crippen LogP) is 2.94. The molecule has 1 aliphatic heterocycles. The van der Waals surface area contributed by atoms with Crippen molar-refractivity contribution < 1.29 is 18.7 Å². The van der Waals surface area contributed by atoms with Crippen molar-refractivity contribution >= 4 is 33.0 Å². The van der Waals surface area contributed by atoms with E-state index in [2.05, 4.69) is 10.2 Å². The van der Waals surface area contributed by atoms with Crippen LogP contribution in [-0.2, 0) is 9.53 Å². The number of hydrogen-bond acceptors (Lipinski definition) is 5. The molecule has 1 aliphatic rings. The monoisotopic (exact) mass is 420 g/mol. The molecule has 8 heteroatoms. The highest BCUT2D eigenvalue weighted by molar-refractivity contribution is 7.59. The van der Waals surface area contributed by atoms with Crippen LogP contribution in [0.4, 0.5) is 4.39 Å². The average Bonchev–Trinajstić information content (AvgIpc) is 2.94. The van der Waals surface area contributed by atoms with E-state index in [-0.39, 0.29) is 39.6 Å². The Hall–Kier alpha value is -0.960. The van der Waals surface area contributed by atoms with Gasteiger partial charge in [0, 0.05) is 25.7 Å². The molecule has 1 fully saturated rings. The molecule has 1 heterocycles. The SMILES string of the molecule is CN[C@H](CN1CC[C@H](F)C1)c1cccc(OCC(=O)OC(C)(C)C)c1.S.S. The Balaban J connectivity index is 0.00000338. The van der Waals surface area contributed by atoms with Gasteiger partial charge in [-0.25, -0.2) is 9.18 Å². The molecule has 1 saturated heterocycles. The molecular weight excluding hydrogens is 387 g/mol. The topological polar surface area (TPSA) is 50.8 Å². The number of esters is 1. The third kappa shape index (κ3) is 9.19. The summed E-state index contributed by atoms with van der Waals surface area (Å²) in [5, 5.41) is 3.27. The summed E-state index contributed by atoms with van der Waals surface area (Å²) < 4.78 is 24.2. The zero-order valence-corrected chi connectivity index (χ0v) is 18.5. The fraction of sp³-hybridized carbons (Fsp3) is 0.632. The molecule has 156 valence electrons. The maximum atomic E-state index is 13.4. The number of likely N-dealkylation sites (N-methyl/N-ethyl adjacent to an activating group) is 1. The summed E-state index contributed by atoms with van der Waals surface area (Å²) in [5.74, 6) is 0.225. The first-order chi connectivity index (χ1) is 11.8. The number of rotatable bonds is 7. The number of benzene rings is 1. The lowest BCUT2D eigenvalue weighted by Gasteiger charge is -2.24. The molecule has 1 aromatic rings. The maximum Gasteiger partial charge on any atom is 0.344 e. The lowest BCUT2D eigenvalue weighted by atomic mass is 10.1. The normalized spacial score (nSPS) is 18.2. The van der Waals surface area contributed by atoms with Crippen molar-refractivity contribution in [3.8, 4) is 5.75 Å². The number of hydrogen-bond donors (Lipinski definition) is 1. The molecule has 0 saturated carbocycles. The van der Waals surface area contributed by atoms with E-state index in [9.17, 15) is 9.18 Å². The molecule has 1 N–H and O–H groups in total. The van der Waals surface area contributed by atoms with Gasteiger partial charge < -0.3 is 14.8 Å². The second-order valence-electron chi connectivity index (χ2n) is 7.43. The summed E-state index contributed by atoms with van der Waals surface area (Å²) in [7, 11) is 1.89. The van der Waals surface area contributed by atoms with Gasteiger partial charge in [0.1, 0.15) is 17.5 Å². The lowest BCUT2D eigenvalue weighted by Crippen LogP contribution is -2.32. The van der Waals surface area contributed by atoms with E-state index < -0.39 is 17.7 Å². The second kappa shape index (κ2) is 11.8. The predicted molar refractivity (Wildman–Crippen MR) is 116 cm³/mol. The van der Waals surface area contributed by atoms with E-state index in [1.165, 1.54) is 0 Å². The summed E-state index contributed by atoms with van der Waals surface area (Å²) in [6, 6.07) is 7.70. The van der Waals surface area contributed by atoms with Crippen molar-refractivity contribution in [3.05, 3.63) is 29.8 Å². The minimum atomic E-state index is -0.721. The molecule has 0 unspecified atom stereocenters. The fourth-order valence-electron chi connectivity index (χ4n) is 2.91. The summed E-state index contributed by atoms with van der Waals surface area (Å²) in [5.41, 5.74) is 0.523. The number of nitrogens with zero attached hydrogens (tertiary/aromatic N) is 1. The van der Waals surface area contributed by atoms with E-state index in [1.54, 1.807) is 0 Å². The zero-order valence-electron chi connectivity index (χ0n) is 16.5. The fourth-order valence-corrected chi connectivity index (χ4v) is 2.91. The first-order valence-corrected chi connectivity index (χ1v) is 8.75. The number of ether oxygens (including phenoxy) is 2. The molecule has 2 atom stereocenters. The zero-order chi connectivity index (χ0) is 18.4. The molecule has 0 aliphatic carbocycles. The van der Waals surface area contributed by atoms with Gasteiger partial charge >= 0.3 is 5.97 Å². The van der Waals surface area contributed by atoms with Gasteiger partial charge in [0.2, 0.25) is 0 Å². The van der Waals surface area contributed by atoms with Gasteiger partial charge in [0.25, 0.3) is 0 Å². The Morgan fingerprint density at radius 3 is 2.63 bits per heavy atom. The van der Waals surface area contributed by atoms with Gasteiger partial charge in [-0.15, -0.1) is 0 Å². The van der Waals surface area contributed by atoms with Crippen molar-refractivity contribution in [1.29, 1.82) is 0 Å². The summed E-state index contributed by atoms with van der Waals surface area (Å²) in [6.07, 6.45) is -0.115. The highest BCUT2D eigenvalue weighted by Gasteiger charge is 2.24. The third-order valence-corrected chi connectivity index (χ3v) is 4.04.